The Morgan fingerprint density at radius 2 is 2.00 bits per heavy atom. The van der Waals surface area contributed by atoms with Crippen LogP contribution in [0.3, 0.4) is 0 Å². The number of unbranched alkanes of at least 4 members (excludes halogenated alkanes) is 1. The number of hydrogen-bond acceptors (Lipinski definition) is 3. The average molecular weight is 208 g/mol. The summed E-state index contributed by atoms with van der Waals surface area (Å²) in [7, 11) is -4.25. The molecule has 0 amide bonds. The Morgan fingerprint density at radius 3 is 2.31 bits per heavy atom. The number of hydrogen-bond donors (Lipinski definition) is 2. The highest BCUT2D eigenvalue weighted by molar-refractivity contribution is 7.86. The zero-order chi connectivity index (χ0) is 10.5. The molecule has 5 nitrogen and oxygen atoms in total. The molecule has 0 rings (SSSR count). The molecule has 0 radical (unpaired) electrons. The molecule has 2 N–H and O–H groups in total. The molecule has 0 aliphatic heterocycles. The van der Waals surface area contributed by atoms with E-state index >= 15 is 0 Å². The van der Waals surface area contributed by atoms with Crippen molar-refractivity contribution < 1.29 is 22.9 Å². The molecule has 6 heteroatoms. The van der Waals surface area contributed by atoms with Crippen molar-refractivity contribution in [3.05, 3.63) is 11.6 Å². The van der Waals surface area contributed by atoms with Crippen molar-refractivity contribution in [2.45, 2.75) is 19.8 Å². The highest BCUT2D eigenvalue weighted by Gasteiger charge is 2.14. The number of aliphatic carboxylic acids is 1. The first-order chi connectivity index (χ1) is 5.87. The van der Waals surface area contributed by atoms with Gasteiger partial charge in [-0.2, -0.15) is 8.42 Å². The number of carbonyl (C=O) groups is 1. The van der Waals surface area contributed by atoms with Crippen molar-refractivity contribution >= 4 is 16.1 Å². The fourth-order valence-electron chi connectivity index (χ4n) is 0.723. The van der Waals surface area contributed by atoms with Crippen molar-refractivity contribution in [1.29, 1.82) is 0 Å². The third-order valence-corrected chi connectivity index (χ3v) is 1.97. The first-order valence-corrected chi connectivity index (χ1v) is 5.35. The normalized spacial score (nSPS) is 12.9. The Morgan fingerprint density at radius 1 is 1.46 bits per heavy atom. The van der Waals surface area contributed by atoms with E-state index in [4.69, 9.17) is 9.66 Å². The Balaban J connectivity index is 4.55. The number of carboxylic acids is 1. The van der Waals surface area contributed by atoms with E-state index in [0.29, 0.717) is 6.42 Å². The van der Waals surface area contributed by atoms with E-state index in [2.05, 4.69) is 0 Å². The fourth-order valence-corrected chi connectivity index (χ4v) is 1.36. The van der Waals surface area contributed by atoms with Gasteiger partial charge in [-0.05, 0) is 6.42 Å². The van der Waals surface area contributed by atoms with Crippen molar-refractivity contribution in [1.82, 2.24) is 0 Å². The lowest BCUT2D eigenvalue weighted by Gasteiger charge is -1.98. The van der Waals surface area contributed by atoms with Crippen LogP contribution in [0.4, 0.5) is 0 Å². The minimum atomic E-state index is -4.25. The molecule has 0 bridgehead atoms. The second-order valence-electron chi connectivity index (χ2n) is 2.55. The maximum atomic E-state index is 10.4. The molecule has 0 saturated heterocycles. The first-order valence-electron chi connectivity index (χ1n) is 3.74. The summed E-state index contributed by atoms with van der Waals surface area (Å²) in [5, 5.41) is 8.52. The van der Waals surface area contributed by atoms with E-state index in [0.717, 1.165) is 6.42 Å². The molecule has 0 aromatic carbocycles. The summed E-state index contributed by atoms with van der Waals surface area (Å²) in [6.45, 7) is 1.84. The molecule has 0 unspecified atom stereocenters. The third-order valence-electron chi connectivity index (χ3n) is 1.29. The zero-order valence-corrected chi connectivity index (χ0v) is 8.04. The van der Waals surface area contributed by atoms with Crippen LogP contribution in [0.5, 0.6) is 0 Å². The van der Waals surface area contributed by atoms with Gasteiger partial charge in [0.15, 0.2) is 0 Å². The maximum absolute atomic E-state index is 10.4. The van der Waals surface area contributed by atoms with Gasteiger partial charge in [0, 0.05) is 0 Å². The van der Waals surface area contributed by atoms with Crippen LogP contribution in [-0.2, 0) is 14.9 Å². The predicted octanol–water partition coefficient (Wildman–Crippen LogP) is 0.685. The van der Waals surface area contributed by atoms with E-state index in [9.17, 15) is 13.2 Å². The van der Waals surface area contributed by atoms with Crippen molar-refractivity contribution in [3.8, 4) is 0 Å². The molecular weight excluding hydrogens is 196 g/mol. The molecule has 13 heavy (non-hydrogen) atoms. The molecule has 76 valence electrons. The van der Waals surface area contributed by atoms with Gasteiger partial charge >= 0.3 is 5.97 Å². The summed E-state index contributed by atoms with van der Waals surface area (Å²) in [6, 6.07) is 0. The van der Waals surface area contributed by atoms with Crippen LogP contribution in [0, 0.1) is 0 Å². The Labute approximate surface area is 76.8 Å². The van der Waals surface area contributed by atoms with E-state index in [-0.39, 0.29) is 5.57 Å². The summed E-state index contributed by atoms with van der Waals surface area (Å²) in [5.41, 5.74) is -0.288. The summed E-state index contributed by atoms with van der Waals surface area (Å²) in [4.78, 5) is 10.4. The van der Waals surface area contributed by atoms with Crippen molar-refractivity contribution in [2.75, 3.05) is 5.75 Å². The van der Waals surface area contributed by atoms with Crippen LogP contribution in [0.25, 0.3) is 0 Å². The van der Waals surface area contributed by atoms with Gasteiger partial charge < -0.3 is 5.11 Å². The van der Waals surface area contributed by atoms with Gasteiger partial charge in [0.05, 0.1) is 5.57 Å². The molecule has 0 aliphatic rings. The van der Waals surface area contributed by atoms with E-state index in [1.54, 1.807) is 0 Å². The summed E-state index contributed by atoms with van der Waals surface area (Å²) in [5.74, 6) is -2.14. The van der Waals surface area contributed by atoms with Crippen LogP contribution in [0.15, 0.2) is 11.6 Å². The van der Waals surface area contributed by atoms with Gasteiger partial charge in [-0.1, -0.05) is 19.4 Å². The minimum Gasteiger partial charge on any atom is -0.478 e. The van der Waals surface area contributed by atoms with Gasteiger partial charge in [-0.25, -0.2) is 4.79 Å². The van der Waals surface area contributed by atoms with Crippen molar-refractivity contribution in [2.24, 2.45) is 0 Å². The highest BCUT2D eigenvalue weighted by atomic mass is 32.2. The molecule has 0 aromatic heterocycles. The number of carboxylic acid groups (broad SMARTS) is 1. The largest absolute Gasteiger partial charge is 0.478 e. The van der Waals surface area contributed by atoms with Gasteiger partial charge in [-0.15, -0.1) is 0 Å². The molecule has 0 saturated carbocycles. The summed E-state index contributed by atoms with van der Waals surface area (Å²) >= 11 is 0. The van der Waals surface area contributed by atoms with Gasteiger partial charge in [0.25, 0.3) is 10.1 Å². The Hall–Kier alpha value is -0.880. The third kappa shape index (κ3) is 6.30. The lowest BCUT2D eigenvalue weighted by molar-refractivity contribution is -0.132. The van der Waals surface area contributed by atoms with Gasteiger partial charge in [0.2, 0.25) is 0 Å². The summed E-state index contributed by atoms with van der Waals surface area (Å²) in [6.07, 6.45) is 2.51. The van der Waals surface area contributed by atoms with E-state index in [1.165, 1.54) is 6.08 Å². The summed E-state index contributed by atoms with van der Waals surface area (Å²) < 4.78 is 29.1. The van der Waals surface area contributed by atoms with Crippen LogP contribution in [0.2, 0.25) is 0 Å². The lowest BCUT2D eigenvalue weighted by atomic mass is 10.2. The molecule has 0 heterocycles. The predicted molar refractivity (Wildman–Crippen MR) is 47.0 cm³/mol. The Kier molecular flexibility index (Phi) is 4.64. The molecule has 0 fully saturated rings. The second kappa shape index (κ2) is 4.98. The van der Waals surface area contributed by atoms with E-state index in [1.807, 2.05) is 6.92 Å². The minimum absolute atomic E-state index is 0.288. The van der Waals surface area contributed by atoms with Crippen LogP contribution in [0.1, 0.15) is 19.8 Å². The lowest BCUT2D eigenvalue weighted by Crippen LogP contribution is -2.13. The van der Waals surface area contributed by atoms with Crippen LogP contribution < -0.4 is 0 Å². The zero-order valence-electron chi connectivity index (χ0n) is 7.23. The topological polar surface area (TPSA) is 91.7 Å². The Bertz CT molecular complexity index is 301. The standard InChI is InChI=1S/C7H12O5S/c1-2-3-4-6(7(8)9)5-13(10,11)12/h4H,2-3,5H2,1H3,(H,8,9)(H,10,11,12). The van der Waals surface area contributed by atoms with Gasteiger partial charge in [0.1, 0.15) is 5.75 Å². The van der Waals surface area contributed by atoms with E-state index < -0.39 is 21.8 Å². The quantitative estimate of drug-likeness (QED) is 0.512. The van der Waals surface area contributed by atoms with Crippen molar-refractivity contribution in [3.63, 3.8) is 0 Å². The molecule has 0 spiro atoms. The number of allylic oxidation sites excluding steroid dienone is 1. The molecule has 0 aliphatic carbocycles. The molecule has 0 atom stereocenters. The van der Waals surface area contributed by atoms with Crippen LogP contribution >= 0.6 is 0 Å². The first kappa shape index (κ1) is 12.1. The average Bonchev–Trinajstić information content (AvgIpc) is 1.95. The smallest absolute Gasteiger partial charge is 0.332 e. The van der Waals surface area contributed by atoms with Crippen LogP contribution in [-0.4, -0.2) is 29.8 Å². The number of rotatable bonds is 5. The fraction of sp³-hybridized carbons (Fsp3) is 0.571. The molecule has 0 aromatic rings. The second-order valence-corrected chi connectivity index (χ2v) is 4.00. The SMILES string of the molecule is CCCC=C(CS(=O)(=O)O)C(=O)O. The maximum Gasteiger partial charge on any atom is 0.332 e. The molecular formula is C7H12O5S. The monoisotopic (exact) mass is 208 g/mol. The van der Waals surface area contributed by atoms with Gasteiger partial charge in [-0.3, -0.25) is 4.55 Å². The highest BCUT2D eigenvalue weighted by Crippen LogP contribution is 2.02.